The molecule has 5 heteroatoms. The Labute approximate surface area is 152 Å². The standard InChI is InChI=1S/C21H20N4O/c1-26-13-12-22-20-19-18(16-8-4-2-5-9-16)14-25(21(19)24-15-23-20)17-10-6-3-7-11-17/h2-11,14-15H,12-13H2,1H3,(H,22,23,24). The fourth-order valence-electron chi connectivity index (χ4n) is 3.09. The van der Waals surface area contributed by atoms with Crippen LogP contribution in [0.1, 0.15) is 0 Å². The Morgan fingerprint density at radius 3 is 2.42 bits per heavy atom. The van der Waals surface area contributed by atoms with Gasteiger partial charge in [0.05, 0.1) is 12.0 Å². The molecular weight excluding hydrogens is 324 g/mol. The van der Waals surface area contributed by atoms with E-state index in [4.69, 9.17) is 4.74 Å². The first kappa shape index (κ1) is 16.3. The van der Waals surface area contributed by atoms with E-state index in [2.05, 4.69) is 50.3 Å². The highest BCUT2D eigenvalue weighted by atomic mass is 16.5. The molecule has 2 aromatic carbocycles. The lowest BCUT2D eigenvalue weighted by atomic mass is 10.1. The molecule has 0 aliphatic heterocycles. The highest BCUT2D eigenvalue weighted by Crippen LogP contribution is 2.35. The predicted molar refractivity (Wildman–Crippen MR) is 105 cm³/mol. The van der Waals surface area contributed by atoms with Gasteiger partial charge in [-0.1, -0.05) is 48.5 Å². The van der Waals surface area contributed by atoms with E-state index in [1.807, 2.05) is 36.4 Å². The molecule has 2 heterocycles. The molecule has 0 spiro atoms. The first-order chi connectivity index (χ1) is 12.9. The number of benzene rings is 2. The van der Waals surface area contributed by atoms with Crippen LogP contribution in [-0.2, 0) is 4.74 Å². The van der Waals surface area contributed by atoms with Crippen LogP contribution in [0.5, 0.6) is 0 Å². The number of nitrogens with one attached hydrogen (secondary N) is 1. The summed E-state index contributed by atoms with van der Waals surface area (Å²) >= 11 is 0. The molecule has 0 atom stereocenters. The SMILES string of the molecule is COCCNc1ncnc2c1c(-c1ccccc1)cn2-c1ccccc1. The van der Waals surface area contributed by atoms with Crippen molar-refractivity contribution in [3.8, 4) is 16.8 Å². The average Bonchev–Trinajstić information content (AvgIpc) is 3.10. The largest absolute Gasteiger partial charge is 0.383 e. The summed E-state index contributed by atoms with van der Waals surface area (Å²) in [5, 5.41) is 4.39. The van der Waals surface area contributed by atoms with E-state index in [-0.39, 0.29) is 0 Å². The molecule has 0 aliphatic rings. The molecule has 2 aromatic heterocycles. The number of ether oxygens (including phenoxy) is 1. The zero-order chi connectivity index (χ0) is 17.8. The minimum Gasteiger partial charge on any atom is -0.383 e. The quantitative estimate of drug-likeness (QED) is 0.534. The smallest absolute Gasteiger partial charge is 0.150 e. The van der Waals surface area contributed by atoms with Gasteiger partial charge in [0, 0.05) is 31.1 Å². The van der Waals surface area contributed by atoms with Gasteiger partial charge in [0.1, 0.15) is 12.1 Å². The first-order valence-corrected chi connectivity index (χ1v) is 8.58. The molecule has 0 unspecified atom stereocenters. The summed E-state index contributed by atoms with van der Waals surface area (Å²) < 4.78 is 7.27. The van der Waals surface area contributed by atoms with E-state index in [1.165, 1.54) is 0 Å². The van der Waals surface area contributed by atoms with Gasteiger partial charge in [0.25, 0.3) is 0 Å². The van der Waals surface area contributed by atoms with Crippen LogP contribution in [-0.4, -0.2) is 34.8 Å². The molecule has 0 bridgehead atoms. The summed E-state index contributed by atoms with van der Waals surface area (Å²) in [6.45, 7) is 1.30. The Morgan fingerprint density at radius 2 is 1.69 bits per heavy atom. The van der Waals surface area contributed by atoms with Crippen LogP contribution in [0.25, 0.3) is 27.8 Å². The third-order valence-electron chi connectivity index (χ3n) is 4.30. The van der Waals surface area contributed by atoms with Crippen molar-refractivity contribution >= 4 is 16.9 Å². The number of para-hydroxylation sites is 1. The monoisotopic (exact) mass is 344 g/mol. The third kappa shape index (κ3) is 3.05. The number of anilines is 1. The Balaban J connectivity index is 1.93. The van der Waals surface area contributed by atoms with Crippen molar-refractivity contribution in [3.05, 3.63) is 73.2 Å². The van der Waals surface area contributed by atoms with E-state index >= 15 is 0 Å². The number of fused-ring (bicyclic) bond motifs is 1. The molecule has 0 fully saturated rings. The highest BCUT2D eigenvalue weighted by molar-refractivity contribution is 6.02. The fourth-order valence-corrected chi connectivity index (χ4v) is 3.09. The van der Waals surface area contributed by atoms with Crippen LogP contribution in [0.4, 0.5) is 5.82 Å². The Hall–Kier alpha value is -3.18. The van der Waals surface area contributed by atoms with Crippen LogP contribution in [0.2, 0.25) is 0 Å². The van der Waals surface area contributed by atoms with Gasteiger partial charge in [-0.25, -0.2) is 9.97 Å². The molecule has 0 aliphatic carbocycles. The van der Waals surface area contributed by atoms with Crippen LogP contribution in [0.3, 0.4) is 0 Å². The summed E-state index contributed by atoms with van der Waals surface area (Å²) in [6.07, 6.45) is 3.73. The van der Waals surface area contributed by atoms with Crippen LogP contribution >= 0.6 is 0 Å². The molecule has 0 radical (unpaired) electrons. The van der Waals surface area contributed by atoms with Gasteiger partial charge in [-0.15, -0.1) is 0 Å². The molecule has 0 saturated carbocycles. The Kier molecular flexibility index (Phi) is 4.62. The summed E-state index contributed by atoms with van der Waals surface area (Å²) in [5.74, 6) is 0.820. The molecule has 0 amide bonds. The molecule has 4 rings (SSSR count). The van der Waals surface area contributed by atoms with Crippen molar-refractivity contribution in [2.24, 2.45) is 0 Å². The Morgan fingerprint density at radius 1 is 0.962 bits per heavy atom. The Bertz CT molecular complexity index is 997. The zero-order valence-corrected chi connectivity index (χ0v) is 14.6. The van der Waals surface area contributed by atoms with Gasteiger partial charge in [-0.05, 0) is 17.7 Å². The van der Waals surface area contributed by atoms with E-state index in [9.17, 15) is 0 Å². The van der Waals surface area contributed by atoms with Gasteiger partial charge in [-0.2, -0.15) is 0 Å². The minimum absolute atomic E-state index is 0.617. The van der Waals surface area contributed by atoms with Crippen molar-refractivity contribution in [2.75, 3.05) is 25.6 Å². The summed E-state index contributed by atoms with van der Waals surface area (Å²) in [5.41, 5.74) is 4.19. The second-order valence-electron chi connectivity index (χ2n) is 5.95. The molecule has 26 heavy (non-hydrogen) atoms. The van der Waals surface area contributed by atoms with Gasteiger partial charge in [-0.3, -0.25) is 0 Å². The predicted octanol–water partition coefficient (Wildman–Crippen LogP) is 4.15. The topological polar surface area (TPSA) is 52.0 Å². The van der Waals surface area contributed by atoms with Crippen LogP contribution in [0, 0.1) is 0 Å². The fraction of sp³-hybridized carbons (Fsp3) is 0.143. The van der Waals surface area contributed by atoms with E-state index < -0.39 is 0 Å². The van der Waals surface area contributed by atoms with Gasteiger partial charge in [0.15, 0.2) is 5.65 Å². The van der Waals surface area contributed by atoms with Gasteiger partial charge in [0.2, 0.25) is 0 Å². The average molecular weight is 344 g/mol. The molecular formula is C21H20N4O. The van der Waals surface area contributed by atoms with Crippen molar-refractivity contribution in [3.63, 3.8) is 0 Å². The van der Waals surface area contributed by atoms with Crippen molar-refractivity contribution in [1.82, 2.24) is 14.5 Å². The lowest BCUT2D eigenvalue weighted by molar-refractivity contribution is 0.210. The van der Waals surface area contributed by atoms with Gasteiger partial charge < -0.3 is 14.6 Å². The van der Waals surface area contributed by atoms with E-state index in [1.54, 1.807) is 13.4 Å². The lowest BCUT2D eigenvalue weighted by Crippen LogP contribution is -2.09. The maximum Gasteiger partial charge on any atom is 0.150 e. The lowest BCUT2D eigenvalue weighted by Gasteiger charge is -2.08. The van der Waals surface area contributed by atoms with Crippen molar-refractivity contribution in [2.45, 2.75) is 0 Å². The number of hydrogen-bond acceptors (Lipinski definition) is 4. The second-order valence-corrected chi connectivity index (χ2v) is 5.95. The number of methoxy groups -OCH3 is 1. The minimum atomic E-state index is 0.617. The number of rotatable bonds is 6. The maximum absolute atomic E-state index is 5.15. The van der Waals surface area contributed by atoms with E-state index in [0.29, 0.717) is 13.2 Å². The first-order valence-electron chi connectivity index (χ1n) is 8.58. The van der Waals surface area contributed by atoms with E-state index in [0.717, 1.165) is 33.7 Å². The zero-order valence-electron chi connectivity index (χ0n) is 14.6. The van der Waals surface area contributed by atoms with Crippen LogP contribution < -0.4 is 5.32 Å². The highest BCUT2D eigenvalue weighted by Gasteiger charge is 2.16. The number of hydrogen-bond donors (Lipinski definition) is 1. The third-order valence-corrected chi connectivity index (χ3v) is 4.30. The molecule has 1 N–H and O–H groups in total. The van der Waals surface area contributed by atoms with Crippen molar-refractivity contribution < 1.29 is 4.74 Å². The van der Waals surface area contributed by atoms with Gasteiger partial charge >= 0.3 is 0 Å². The summed E-state index contributed by atoms with van der Waals surface area (Å²) in [6, 6.07) is 20.6. The van der Waals surface area contributed by atoms with Crippen LogP contribution in [0.15, 0.2) is 73.2 Å². The summed E-state index contributed by atoms with van der Waals surface area (Å²) in [7, 11) is 1.69. The number of aromatic nitrogens is 3. The number of nitrogens with zero attached hydrogens (tertiary/aromatic N) is 3. The normalized spacial score (nSPS) is 11.0. The summed E-state index contributed by atoms with van der Waals surface area (Å²) in [4.78, 5) is 9.05. The molecule has 5 nitrogen and oxygen atoms in total. The maximum atomic E-state index is 5.15. The van der Waals surface area contributed by atoms with Crippen molar-refractivity contribution in [1.29, 1.82) is 0 Å². The second kappa shape index (κ2) is 7.37. The molecule has 4 aromatic rings. The molecule has 0 saturated heterocycles. The molecule has 130 valence electrons.